The highest BCUT2D eigenvalue weighted by Crippen LogP contribution is 2.17. The summed E-state index contributed by atoms with van der Waals surface area (Å²) >= 11 is 4.79. The number of carbonyl (C=O) groups excluding carboxylic acids is 1. The first-order valence-corrected chi connectivity index (χ1v) is 5.72. The number of rotatable bonds is 4. The molecule has 0 aliphatic carbocycles. The second kappa shape index (κ2) is 5.72. The molecule has 0 radical (unpaired) electrons. The molecule has 0 bridgehead atoms. The van der Waals surface area contributed by atoms with Crippen LogP contribution in [0.1, 0.15) is 18.9 Å². The van der Waals surface area contributed by atoms with E-state index in [0.29, 0.717) is 6.42 Å². The number of benzene rings is 1. The molecule has 1 aromatic carbocycles. The summed E-state index contributed by atoms with van der Waals surface area (Å²) in [4.78, 5) is 11.9. The summed E-state index contributed by atoms with van der Waals surface area (Å²) in [5, 5.41) is 2.49. The van der Waals surface area contributed by atoms with E-state index in [9.17, 15) is 9.18 Å². The van der Waals surface area contributed by atoms with Crippen LogP contribution in [0.3, 0.4) is 0 Å². The van der Waals surface area contributed by atoms with Crippen LogP contribution in [0.25, 0.3) is 0 Å². The largest absolute Gasteiger partial charge is 0.393 e. The molecule has 17 heavy (non-hydrogen) atoms. The van der Waals surface area contributed by atoms with Crippen LogP contribution >= 0.6 is 12.2 Å². The Kier molecular flexibility index (Phi) is 4.57. The summed E-state index contributed by atoms with van der Waals surface area (Å²) in [6.07, 6.45) is 0.495. The average Bonchev–Trinajstić information content (AvgIpc) is 2.22. The summed E-state index contributed by atoms with van der Waals surface area (Å²) in [5.41, 5.74) is 6.38. The van der Waals surface area contributed by atoms with Crippen LogP contribution in [-0.2, 0) is 4.79 Å². The minimum Gasteiger partial charge on any atom is -0.393 e. The number of carbonyl (C=O) groups is 1. The molecule has 1 aromatic rings. The van der Waals surface area contributed by atoms with Gasteiger partial charge >= 0.3 is 0 Å². The van der Waals surface area contributed by atoms with E-state index in [4.69, 9.17) is 18.0 Å². The second-order valence-electron chi connectivity index (χ2n) is 3.84. The van der Waals surface area contributed by atoms with Crippen molar-refractivity contribution in [2.75, 3.05) is 5.32 Å². The molecule has 0 fully saturated rings. The van der Waals surface area contributed by atoms with Crippen LogP contribution < -0.4 is 11.1 Å². The molecule has 0 aliphatic rings. The fourth-order valence-electron chi connectivity index (χ4n) is 1.46. The van der Waals surface area contributed by atoms with Crippen molar-refractivity contribution in [3.8, 4) is 0 Å². The molecule has 0 aromatic heterocycles. The Labute approximate surface area is 105 Å². The highest BCUT2D eigenvalue weighted by Gasteiger charge is 2.20. The zero-order chi connectivity index (χ0) is 13.0. The van der Waals surface area contributed by atoms with Gasteiger partial charge in [-0.25, -0.2) is 4.39 Å². The van der Waals surface area contributed by atoms with Gasteiger partial charge < -0.3 is 11.1 Å². The van der Waals surface area contributed by atoms with Crippen LogP contribution in [0.2, 0.25) is 0 Å². The fraction of sp³-hybridized carbons (Fsp3) is 0.333. The van der Waals surface area contributed by atoms with Gasteiger partial charge in [-0.2, -0.15) is 0 Å². The number of nitrogens with two attached hydrogens (primary N) is 1. The molecule has 1 unspecified atom stereocenters. The first-order chi connectivity index (χ1) is 7.95. The van der Waals surface area contributed by atoms with Gasteiger partial charge in [-0.05, 0) is 31.0 Å². The number of anilines is 1. The highest BCUT2D eigenvalue weighted by atomic mass is 32.1. The predicted octanol–water partition coefficient (Wildman–Crippen LogP) is 2.38. The van der Waals surface area contributed by atoms with E-state index in [2.05, 4.69) is 5.32 Å². The lowest BCUT2D eigenvalue weighted by molar-refractivity contribution is -0.118. The standard InChI is InChI=1S/C12H15FN2OS/c1-3-8(11(14)17)12(16)15-10-5-4-7(2)6-9(10)13/h4-6,8H,3H2,1-2H3,(H2,14,17)(H,15,16). The van der Waals surface area contributed by atoms with E-state index in [-0.39, 0.29) is 16.6 Å². The van der Waals surface area contributed by atoms with Crippen molar-refractivity contribution < 1.29 is 9.18 Å². The smallest absolute Gasteiger partial charge is 0.234 e. The summed E-state index contributed by atoms with van der Waals surface area (Å²) < 4.78 is 13.5. The molecular formula is C12H15FN2OS. The first-order valence-electron chi connectivity index (χ1n) is 5.32. The number of hydrogen-bond acceptors (Lipinski definition) is 2. The Bertz CT molecular complexity index is 448. The zero-order valence-corrected chi connectivity index (χ0v) is 10.6. The average molecular weight is 254 g/mol. The first kappa shape index (κ1) is 13.6. The third-order valence-corrected chi connectivity index (χ3v) is 2.74. The van der Waals surface area contributed by atoms with Gasteiger partial charge in [0.15, 0.2) is 0 Å². The summed E-state index contributed by atoms with van der Waals surface area (Å²) in [7, 11) is 0. The second-order valence-corrected chi connectivity index (χ2v) is 4.31. The molecule has 1 atom stereocenters. The van der Waals surface area contributed by atoms with Crippen molar-refractivity contribution >= 4 is 28.8 Å². The van der Waals surface area contributed by atoms with Gasteiger partial charge in [-0.15, -0.1) is 0 Å². The van der Waals surface area contributed by atoms with Crippen LogP contribution in [0.4, 0.5) is 10.1 Å². The van der Waals surface area contributed by atoms with E-state index >= 15 is 0 Å². The van der Waals surface area contributed by atoms with Gasteiger partial charge in [0.25, 0.3) is 0 Å². The third-order valence-electron chi connectivity index (χ3n) is 2.45. The van der Waals surface area contributed by atoms with Crippen LogP contribution in [0, 0.1) is 18.7 Å². The Morgan fingerprint density at radius 1 is 1.59 bits per heavy atom. The molecule has 3 N–H and O–H groups in total. The maximum absolute atomic E-state index is 13.5. The number of amides is 1. The number of aryl methyl sites for hydroxylation is 1. The lowest BCUT2D eigenvalue weighted by Gasteiger charge is -2.14. The molecule has 5 heteroatoms. The minimum atomic E-state index is -0.564. The maximum atomic E-state index is 13.5. The molecule has 0 saturated heterocycles. The Hall–Kier alpha value is -1.49. The Balaban J connectivity index is 2.84. The monoisotopic (exact) mass is 254 g/mol. The van der Waals surface area contributed by atoms with Crippen LogP contribution in [-0.4, -0.2) is 10.9 Å². The van der Waals surface area contributed by atoms with Gasteiger partial charge in [-0.3, -0.25) is 4.79 Å². The van der Waals surface area contributed by atoms with Crippen molar-refractivity contribution in [1.82, 2.24) is 0 Å². The third kappa shape index (κ3) is 3.49. The lowest BCUT2D eigenvalue weighted by Crippen LogP contribution is -2.32. The van der Waals surface area contributed by atoms with Crippen molar-refractivity contribution in [2.24, 2.45) is 11.7 Å². The number of thiocarbonyl (C=S) groups is 1. The van der Waals surface area contributed by atoms with Gasteiger partial charge in [0.1, 0.15) is 5.82 Å². The van der Waals surface area contributed by atoms with Crippen LogP contribution in [0.15, 0.2) is 18.2 Å². The van der Waals surface area contributed by atoms with E-state index in [1.54, 1.807) is 19.9 Å². The number of halogens is 1. The molecule has 0 aliphatic heterocycles. The summed E-state index contributed by atoms with van der Waals surface area (Å²) in [6, 6.07) is 4.60. The summed E-state index contributed by atoms with van der Waals surface area (Å²) in [5.74, 6) is -1.40. The Morgan fingerprint density at radius 2 is 2.24 bits per heavy atom. The SMILES string of the molecule is CCC(C(=O)Nc1ccc(C)cc1F)C(N)=S. The van der Waals surface area contributed by atoms with E-state index in [1.807, 2.05) is 0 Å². The molecule has 92 valence electrons. The molecule has 0 spiro atoms. The molecule has 3 nitrogen and oxygen atoms in total. The van der Waals surface area contributed by atoms with Crippen molar-refractivity contribution in [2.45, 2.75) is 20.3 Å². The molecule has 0 saturated carbocycles. The topological polar surface area (TPSA) is 55.1 Å². The van der Waals surface area contributed by atoms with Gasteiger partial charge in [0.05, 0.1) is 16.6 Å². The van der Waals surface area contributed by atoms with Gasteiger partial charge in [-0.1, -0.05) is 25.2 Å². The maximum Gasteiger partial charge on any atom is 0.234 e. The van der Waals surface area contributed by atoms with Crippen molar-refractivity contribution in [3.63, 3.8) is 0 Å². The van der Waals surface area contributed by atoms with Crippen molar-refractivity contribution in [3.05, 3.63) is 29.6 Å². The molecule has 1 rings (SSSR count). The fourth-order valence-corrected chi connectivity index (χ4v) is 1.73. The highest BCUT2D eigenvalue weighted by molar-refractivity contribution is 7.80. The normalized spacial score (nSPS) is 11.9. The van der Waals surface area contributed by atoms with Crippen LogP contribution in [0.5, 0.6) is 0 Å². The van der Waals surface area contributed by atoms with E-state index < -0.39 is 11.7 Å². The van der Waals surface area contributed by atoms with Crippen molar-refractivity contribution in [1.29, 1.82) is 0 Å². The van der Waals surface area contributed by atoms with E-state index in [0.717, 1.165) is 5.56 Å². The Morgan fingerprint density at radius 3 is 2.71 bits per heavy atom. The van der Waals surface area contributed by atoms with Gasteiger partial charge in [0.2, 0.25) is 5.91 Å². The molecular weight excluding hydrogens is 239 g/mol. The molecule has 1 amide bonds. The lowest BCUT2D eigenvalue weighted by atomic mass is 10.1. The molecule has 0 heterocycles. The predicted molar refractivity (Wildman–Crippen MR) is 70.3 cm³/mol. The van der Waals surface area contributed by atoms with Gasteiger partial charge in [0, 0.05) is 0 Å². The number of nitrogens with one attached hydrogen (secondary N) is 1. The minimum absolute atomic E-state index is 0.123. The zero-order valence-electron chi connectivity index (χ0n) is 9.79. The number of hydrogen-bond donors (Lipinski definition) is 2. The quantitative estimate of drug-likeness (QED) is 0.811. The van der Waals surface area contributed by atoms with E-state index in [1.165, 1.54) is 12.1 Å². The summed E-state index contributed by atoms with van der Waals surface area (Å²) in [6.45, 7) is 3.58.